The first-order valence-electron chi connectivity index (χ1n) is 5.68. The van der Waals surface area contributed by atoms with E-state index in [1.165, 1.54) is 10.6 Å². The molecule has 0 aliphatic rings. The minimum Gasteiger partial charge on any atom is -0.306 e. The van der Waals surface area contributed by atoms with Crippen LogP contribution in [0.1, 0.15) is 31.3 Å². The van der Waals surface area contributed by atoms with Crippen LogP contribution in [0.25, 0.3) is 0 Å². The molecule has 0 aliphatic heterocycles. The molecule has 0 fully saturated rings. The zero-order chi connectivity index (χ0) is 12.3. The van der Waals surface area contributed by atoms with E-state index in [1.807, 2.05) is 22.6 Å². The third-order valence-electron chi connectivity index (χ3n) is 2.39. The van der Waals surface area contributed by atoms with Crippen molar-refractivity contribution in [3.63, 3.8) is 0 Å². The standard InChI is InChI=1S/C12H18N4S/c1-12(2,3)14-6-10-4-5-15-16(10)8-11-7-13-9-17-11/h4-5,7,9,14H,6,8H2,1-3H3. The highest BCUT2D eigenvalue weighted by Crippen LogP contribution is 2.10. The Morgan fingerprint density at radius 3 is 2.88 bits per heavy atom. The van der Waals surface area contributed by atoms with Gasteiger partial charge in [0, 0.05) is 29.4 Å². The van der Waals surface area contributed by atoms with Gasteiger partial charge >= 0.3 is 0 Å². The van der Waals surface area contributed by atoms with Crippen LogP contribution in [-0.4, -0.2) is 20.3 Å². The predicted octanol–water partition coefficient (Wildman–Crippen LogP) is 2.28. The zero-order valence-electron chi connectivity index (χ0n) is 10.5. The molecule has 4 nitrogen and oxygen atoms in total. The van der Waals surface area contributed by atoms with Crippen molar-refractivity contribution >= 4 is 11.3 Å². The summed E-state index contributed by atoms with van der Waals surface area (Å²) < 4.78 is 2.02. The zero-order valence-corrected chi connectivity index (χ0v) is 11.3. The van der Waals surface area contributed by atoms with E-state index in [2.05, 4.69) is 42.2 Å². The normalized spacial score (nSPS) is 11.9. The molecule has 0 saturated carbocycles. The van der Waals surface area contributed by atoms with Crippen molar-refractivity contribution in [3.8, 4) is 0 Å². The van der Waals surface area contributed by atoms with E-state index in [-0.39, 0.29) is 5.54 Å². The van der Waals surface area contributed by atoms with Crippen LogP contribution in [-0.2, 0) is 13.1 Å². The van der Waals surface area contributed by atoms with Crippen molar-refractivity contribution in [3.05, 3.63) is 34.5 Å². The fourth-order valence-corrected chi connectivity index (χ4v) is 2.05. The Balaban J connectivity index is 2.02. The largest absolute Gasteiger partial charge is 0.306 e. The summed E-state index contributed by atoms with van der Waals surface area (Å²) in [5.74, 6) is 0. The third-order valence-corrected chi connectivity index (χ3v) is 3.16. The molecular weight excluding hydrogens is 232 g/mol. The van der Waals surface area contributed by atoms with Crippen molar-refractivity contribution in [1.29, 1.82) is 0 Å². The lowest BCUT2D eigenvalue weighted by Crippen LogP contribution is -2.35. The van der Waals surface area contributed by atoms with Gasteiger partial charge in [-0.15, -0.1) is 11.3 Å². The number of nitrogens with one attached hydrogen (secondary N) is 1. The minimum atomic E-state index is 0.125. The topological polar surface area (TPSA) is 42.7 Å². The second-order valence-electron chi connectivity index (χ2n) is 5.05. The molecule has 5 heteroatoms. The first-order chi connectivity index (χ1) is 8.04. The molecule has 17 heavy (non-hydrogen) atoms. The molecule has 0 bridgehead atoms. The van der Waals surface area contributed by atoms with Crippen LogP contribution in [0.15, 0.2) is 24.0 Å². The molecule has 0 spiro atoms. The lowest BCUT2D eigenvalue weighted by molar-refractivity contribution is 0.414. The Kier molecular flexibility index (Phi) is 3.59. The van der Waals surface area contributed by atoms with Crippen LogP contribution < -0.4 is 5.32 Å². The van der Waals surface area contributed by atoms with Crippen molar-refractivity contribution < 1.29 is 0 Å². The van der Waals surface area contributed by atoms with Gasteiger partial charge in [0.05, 0.1) is 17.7 Å². The molecular formula is C12H18N4S. The van der Waals surface area contributed by atoms with Crippen molar-refractivity contribution in [1.82, 2.24) is 20.1 Å². The van der Waals surface area contributed by atoms with E-state index in [9.17, 15) is 0 Å². The van der Waals surface area contributed by atoms with Gasteiger partial charge < -0.3 is 5.32 Å². The third kappa shape index (κ3) is 3.64. The second kappa shape index (κ2) is 4.98. The maximum atomic E-state index is 4.35. The summed E-state index contributed by atoms with van der Waals surface area (Å²) in [7, 11) is 0. The SMILES string of the molecule is CC(C)(C)NCc1ccnn1Cc1cncs1. The van der Waals surface area contributed by atoms with Gasteiger partial charge in [0.1, 0.15) is 0 Å². The van der Waals surface area contributed by atoms with Gasteiger partial charge in [-0.05, 0) is 26.8 Å². The van der Waals surface area contributed by atoms with Gasteiger partial charge in [0.2, 0.25) is 0 Å². The Morgan fingerprint density at radius 2 is 2.24 bits per heavy atom. The molecule has 0 radical (unpaired) electrons. The van der Waals surface area contributed by atoms with Gasteiger partial charge in [-0.2, -0.15) is 5.10 Å². The van der Waals surface area contributed by atoms with E-state index in [1.54, 1.807) is 11.3 Å². The number of aromatic nitrogens is 3. The predicted molar refractivity (Wildman–Crippen MR) is 70.0 cm³/mol. The quantitative estimate of drug-likeness (QED) is 0.905. The van der Waals surface area contributed by atoms with Crippen LogP contribution in [0.3, 0.4) is 0 Å². The van der Waals surface area contributed by atoms with E-state index in [0.29, 0.717) is 0 Å². The summed E-state index contributed by atoms with van der Waals surface area (Å²) in [6.45, 7) is 8.13. The van der Waals surface area contributed by atoms with Crippen LogP contribution >= 0.6 is 11.3 Å². The molecule has 2 rings (SSSR count). The Hall–Kier alpha value is -1.20. The number of thiazole rings is 1. The minimum absolute atomic E-state index is 0.125. The summed E-state index contributed by atoms with van der Waals surface area (Å²) in [6, 6.07) is 2.06. The molecule has 0 atom stereocenters. The first kappa shape index (κ1) is 12.3. The molecule has 0 saturated heterocycles. The van der Waals surface area contributed by atoms with Gasteiger partial charge in [-0.3, -0.25) is 9.67 Å². The summed E-state index contributed by atoms with van der Waals surface area (Å²) in [4.78, 5) is 5.31. The van der Waals surface area contributed by atoms with Crippen molar-refractivity contribution in [2.24, 2.45) is 0 Å². The van der Waals surface area contributed by atoms with Crippen LogP contribution in [0.5, 0.6) is 0 Å². The lowest BCUT2D eigenvalue weighted by atomic mass is 10.1. The highest BCUT2D eigenvalue weighted by atomic mass is 32.1. The summed E-state index contributed by atoms with van der Waals surface area (Å²) in [5.41, 5.74) is 3.18. The van der Waals surface area contributed by atoms with E-state index >= 15 is 0 Å². The fraction of sp³-hybridized carbons (Fsp3) is 0.500. The Labute approximate surface area is 106 Å². The average molecular weight is 250 g/mol. The van der Waals surface area contributed by atoms with Gasteiger partial charge in [0.15, 0.2) is 0 Å². The maximum absolute atomic E-state index is 4.35. The average Bonchev–Trinajstić information content (AvgIpc) is 2.86. The van der Waals surface area contributed by atoms with Gasteiger partial charge in [-0.25, -0.2) is 0 Å². The molecule has 2 aromatic heterocycles. The highest BCUT2D eigenvalue weighted by Gasteiger charge is 2.11. The smallest absolute Gasteiger partial charge is 0.0794 e. The molecule has 92 valence electrons. The molecule has 0 unspecified atom stereocenters. The number of hydrogen-bond donors (Lipinski definition) is 1. The molecule has 0 aromatic carbocycles. The van der Waals surface area contributed by atoms with E-state index in [0.717, 1.165) is 13.1 Å². The molecule has 2 aromatic rings. The van der Waals surface area contributed by atoms with Gasteiger partial charge in [0.25, 0.3) is 0 Å². The van der Waals surface area contributed by atoms with Crippen molar-refractivity contribution in [2.45, 2.75) is 39.4 Å². The monoisotopic (exact) mass is 250 g/mol. The second-order valence-corrected chi connectivity index (χ2v) is 6.02. The Morgan fingerprint density at radius 1 is 1.41 bits per heavy atom. The first-order valence-corrected chi connectivity index (χ1v) is 6.56. The molecule has 2 heterocycles. The number of nitrogens with zero attached hydrogens (tertiary/aromatic N) is 3. The maximum Gasteiger partial charge on any atom is 0.0794 e. The van der Waals surface area contributed by atoms with Crippen LogP contribution in [0.2, 0.25) is 0 Å². The van der Waals surface area contributed by atoms with Gasteiger partial charge in [-0.1, -0.05) is 0 Å². The Bertz CT molecular complexity index is 453. The summed E-state index contributed by atoms with van der Waals surface area (Å²) in [6.07, 6.45) is 3.74. The lowest BCUT2D eigenvalue weighted by Gasteiger charge is -2.20. The van der Waals surface area contributed by atoms with E-state index in [4.69, 9.17) is 0 Å². The van der Waals surface area contributed by atoms with Crippen molar-refractivity contribution in [2.75, 3.05) is 0 Å². The molecule has 1 N–H and O–H groups in total. The number of rotatable bonds is 4. The summed E-state index contributed by atoms with van der Waals surface area (Å²) in [5, 5.41) is 7.82. The van der Waals surface area contributed by atoms with E-state index < -0.39 is 0 Å². The van der Waals surface area contributed by atoms with Crippen LogP contribution in [0.4, 0.5) is 0 Å². The summed E-state index contributed by atoms with van der Waals surface area (Å²) >= 11 is 1.66. The highest BCUT2D eigenvalue weighted by molar-refractivity contribution is 7.09. The number of hydrogen-bond acceptors (Lipinski definition) is 4. The fourth-order valence-electron chi connectivity index (χ4n) is 1.48. The van der Waals surface area contributed by atoms with Crippen LogP contribution in [0, 0.1) is 0 Å². The molecule has 0 aliphatic carbocycles. The molecule has 0 amide bonds.